The Morgan fingerprint density at radius 2 is 2.14 bits per heavy atom. The zero-order valence-electron chi connectivity index (χ0n) is 9.71. The molecule has 1 atom stereocenters. The Kier molecular flexibility index (Phi) is 7.11. The van der Waals surface area contributed by atoms with E-state index in [-0.39, 0.29) is 11.9 Å². The summed E-state index contributed by atoms with van der Waals surface area (Å²) in [4.78, 5) is 13.3. The van der Waals surface area contributed by atoms with Crippen LogP contribution in [0.1, 0.15) is 26.7 Å². The second-order valence-corrected chi connectivity index (χ2v) is 3.86. The van der Waals surface area contributed by atoms with Gasteiger partial charge in [0.15, 0.2) is 0 Å². The Morgan fingerprint density at radius 3 is 2.64 bits per heavy atom. The van der Waals surface area contributed by atoms with Crippen LogP contribution in [0.2, 0.25) is 0 Å². The molecule has 0 bridgehead atoms. The third kappa shape index (κ3) is 7.80. The molecule has 0 aromatic carbocycles. The molecule has 1 N–H and O–H groups in total. The van der Waals surface area contributed by atoms with E-state index in [0.29, 0.717) is 0 Å². The first-order chi connectivity index (χ1) is 6.56. The van der Waals surface area contributed by atoms with E-state index in [1.807, 2.05) is 32.0 Å². The number of nitrogens with one attached hydrogen (secondary N) is 1. The van der Waals surface area contributed by atoms with Gasteiger partial charge in [-0.05, 0) is 27.4 Å². The van der Waals surface area contributed by atoms with Gasteiger partial charge in [-0.3, -0.25) is 4.79 Å². The van der Waals surface area contributed by atoms with Gasteiger partial charge in [0.05, 0.1) is 0 Å². The summed E-state index contributed by atoms with van der Waals surface area (Å²) >= 11 is 0. The molecule has 0 aliphatic heterocycles. The van der Waals surface area contributed by atoms with Gasteiger partial charge in [0, 0.05) is 18.7 Å². The van der Waals surface area contributed by atoms with E-state index in [1.54, 1.807) is 6.08 Å². The maximum atomic E-state index is 11.3. The van der Waals surface area contributed by atoms with Crippen LogP contribution in [0.3, 0.4) is 0 Å². The number of rotatable bonds is 6. The molecule has 82 valence electrons. The van der Waals surface area contributed by atoms with Gasteiger partial charge < -0.3 is 10.2 Å². The van der Waals surface area contributed by atoms with Gasteiger partial charge in [-0.15, -0.1) is 0 Å². The maximum absolute atomic E-state index is 11.3. The molecule has 0 aliphatic carbocycles. The van der Waals surface area contributed by atoms with E-state index in [9.17, 15) is 4.79 Å². The predicted molar refractivity (Wildman–Crippen MR) is 60.2 cm³/mol. The van der Waals surface area contributed by atoms with Crippen LogP contribution in [-0.4, -0.2) is 37.5 Å². The average Bonchev–Trinajstić information content (AvgIpc) is 2.03. The summed E-state index contributed by atoms with van der Waals surface area (Å²) in [6.45, 7) is 4.95. The molecule has 0 saturated heterocycles. The van der Waals surface area contributed by atoms with Crippen molar-refractivity contribution in [3.63, 3.8) is 0 Å². The molecule has 0 rings (SSSR count). The first kappa shape index (κ1) is 13.2. The third-order valence-corrected chi connectivity index (χ3v) is 1.85. The molecule has 0 aromatic rings. The smallest absolute Gasteiger partial charge is 0.243 e. The van der Waals surface area contributed by atoms with E-state index >= 15 is 0 Å². The van der Waals surface area contributed by atoms with Crippen LogP contribution >= 0.6 is 0 Å². The second kappa shape index (κ2) is 7.56. The lowest BCUT2D eigenvalue weighted by Gasteiger charge is -2.10. The zero-order chi connectivity index (χ0) is 11.0. The number of nitrogens with zero attached hydrogens (tertiary/aromatic N) is 1. The third-order valence-electron chi connectivity index (χ3n) is 1.85. The van der Waals surface area contributed by atoms with Crippen molar-refractivity contribution in [1.29, 1.82) is 0 Å². The van der Waals surface area contributed by atoms with Crippen molar-refractivity contribution >= 4 is 5.91 Å². The minimum absolute atomic E-state index is 0.00722. The summed E-state index contributed by atoms with van der Waals surface area (Å²) in [5, 5.41) is 2.91. The molecule has 3 heteroatoms. The summed E-state index contributed by atoms with van der Waals surface area (Å²) < 4.78 is 0. The molecule has 0 saturated carbocycles. The Hall–Kier alpha value is -0.830. The molecule has 3 nitrogen and oxygen atoms in total. The largest absolute Gasteiger partial charge is 0.350 e. The first-order valence-corrected chi connectivity index (χ1v) is 5.18. The van der Waals surface area contributed by atoms with Gasteiger partial charge in [-0.1, -0.05) is 19.4 Å². The highest BCUT2D eigenvalue weighted by Crippen LogP contribution is 1.94. The molecule has 0 radical (unpaired) electrons. The Labute approximate surface area is 87.2 Å². The summed E-state index contributed by atoms with van der Waals surface area (Å²) in [5.41, 5.74) is 0. The number of carbonyl (C=O) groups is 1. The van der Waals surface area contributed by atoms with E-state index in [4.69, 9.17) is 0 Å². The fourth-order valence-electron chi connectivity index (χ4n) is 1.17. The molecular weight excluding hydrogens is 176 g/mol. The SMILES string of the molecule is CCCC(C)NC(=O)/C=C/CN(C)C. The van der Waals surface area contributed by atoms with Gasteiger partial charge in [0.2, 0.25) is 5.91 Å². The Bertz CT molecular complexity index is 188. The predicted octanol–water partition coefficient (Wildman–Crippen LogP) is 1.41. The van der Waals surface area contributed by atoms with Gasteiger partial charge in [-0.2, -0.15) is 0 Å². The van der Waals surface area contributed by atoms with Gasteiger partial charge in [0.1, 0.15) is 0 Å². The van der Waals surface area contributed by atoms with Crippen LogP contribution in [0.5, 0.6) is 0 Å². The van der Waals surface area contributed by atoms with Gasteiger partial charge in [-0.25, -0.2) is 0 Å². The molecule has 0 aromatic heterocycles. The number of hydrogen-bond donors (Lipinski definition) is 1. The van der Waals surface area contributed by atoms with Crippen molar-refractivity contribution in [3.8, 4) is 0 Å². The Morgan fingerprint density at radius 1 is 1.50 bits per heavy atom. The number of hydrogen-bond acceptors (Lipinski definition) is 2. The fraction of sp³-hybridized carbons (Fsp3) is 0.727. The quantitative estimate of drug-likeness (QED) is 0.654. The molecule has 1 unspecified atom stereocenters. The van der Waals surface area contributed by atoms with Crippen molar-refractivity contribution in [3.05, 3.63) is 12.2 Å². The molecule has 0 heterocycles. The van der Waals surface area contributed by atoms with Crippen LogP contribution in [0.15, 0.2) is 12.2 Å². The van der Waals surface area contributed by atoms with Crippen molar-refractivity contribution in [2.75, 3.05) is 20.6 Å². The number of amides is 1. The van der Waals surface area contributed by atoms with Crippen LogP contribution in [0.25, 0.3) is 0 Å². The van der Waals surface area contributed by atoms with Crippen molar-refractivity contribution in [2.45, 2.75) is 32.7 Å². The zero-order valence-corrected chi connectivity index (χ0v) is 9.71. The van der Waals surface area contributed by atoms with Crippen LogP contribution in [-0.2, 0) is 4.79 Å². The van der Waals surface area contributed by atoms with Gasteiger partial charge >= 0.3 is 0 Å². The summed E-state index contributed by atoms with van der Waals surface area (Å²) in [6.07, 6.45) is 5.61. The lowest BCUT2D eigenvalue weighted by atomic mass is 10.2. The Balaban J connectivity index is 3.69. The summed E-state index contributed by atoms with van der Waals surface area (Å²) in [7, 11) is 3.95. The second-order valence-electron chi connectivity index (χ2n) is 3.86. The monoisotopic (exact) mass is 198 g/mol. The molecule has 0 fully saturated rings. The lowest BCUT2D eigenvalue weighted by molar-refractivity contribution is -0.117. The first-order valence-electron chi connectivity index (χ1n) is 5.18. The minimum atomic E-state index is 0.00722. The lowest BCUT2D eigenvalue weighted by Crippen LogP contribution is -2.31. The summed E-state index contributed by atoms with van der Waals surface area (Å²) in [6, 6.07) is 0.275. The van der Waals surface area contributed by atoms with Crippen molar-refractivity contribution in [2.24, 2.45) is 0 Å². The van der Waals surface area contributed by atoms with E-state index in [1.165, 1.54) is 0 Å². The molecule has 0 aliphatic rings. The maximum Gasteiger partial charge on any atom is 0.243 e. The summed E-state index contributed by atoms with van der Waals surface area (Å²) in [5.74, 6) is 0.00722. The number of likely N-dealkylation sites (N-methyl/N-ethyl adjacent to an activating group) is 1. The fourth-order valence-corrected chi connectivity index (χ4v) is 1.17. The minimum Gasteiger partial charge on any atom is -0.350 e. The highest BCUT2D eigenvalue weighted by atomic mass is 16.1. The number of carbonyl (C=O) groups excluding carboxylic acids is 1. The normalized spacial score (nSPS) is 13.5. The average molecular weight is 198 g/mol. The van der Waals surface area contributed by atoms with E-state index in [0.717, 1.165) is 19.4 Å². The highest BCUT2D eigenvalue weighted by molar-refractivity contribution is 5.87. The van der Waals surface area contributed by atoms with Gasteiger partial charge in [0.25, 0.3) is 0 Å². The van der Waals surface area contributed by atoms with Crippen molar-refractivity contribution in [1.82, 2.24) is 10.2 Å². The topological polar surface area (TPSA) is 32.3 Å². The van der Waals surface area contributed by atoms with Crippen LogP contribution < -0.4 is 5.32 Å². The standard InChI is InChI=1S/C11H22N2O/c1-5-7-10(2)12-11(14)8-6-9-13(3)4/h6,8,10H,5,7,9H2,1-4H3,(H,12,14)/b8-6+. The van der Waals surface area contributed by atoms with Crippen molar-refractivity contribution < 1.29 is 4.79 Å². The van der Waals surface area contributed by atoms with Crippen LogP contribution in [0.4, 0.5) is 0 Å². The molecule has 1 amide bonds. The van der Waals surface area contributed by atoms with Crippen LogP contribution in [0, 0.1) is 0 Å². The van der Waals surface area contributed by atoms with E-state index < -0.39 is 0 Å². The molecule has 0 spiro atoms. The van der Waals surface area contributed by atoms with E-state index in [2.05, 4.69) is 12.2 Å². The molecular formula is C11H22N2O. The highest BCUT2D eigenvalue weighted by Gasteiger charge is 2.01. The molecule has 14 heavy (non-hydrogen) atoms.